The average molecular weight is 364 g/mol. The van der Waals surface area contributed by atoms with Gasteiger partial charge in [0.15, 0.2) is 4.34 Å². The third kappa shape index (κ3) is 4.27. The molecule has 1 saturated heterocycles. The number of thioether (sulfide) groups is 1. The third-order valence-corrected chi connectivity index (χ3v) is 6.40. The summed E-state index contributed by atoms with van der Waals surface area (Å²) in [5.41, 5.74) is 0.967. The second-order valence-corrected chi connectivity index (χ2v) is 8.16. The summed E-state index contributed by atoms with van der Waals surface area (Å²) in [6.07, 6.45) is 3.65. The van der Waals surface area contributed by atoms with E-state index in [0.29, 0.717) is 12.2 Å². The number of aromatic nitrogens is 1. The molecule has 1 aromatic carbocycles. The maximum absolute atomic E-state index is 12.6. The van der Waals surface area contributed by atoms with Crippen molar-refractivity contribution in [1.29, 1.82) is 0 Å². The van der Waals surface area contributed by atoms with Crippen molar-refractivity contribution in [2.45, 2.75) is 42.5 Å². The van der Waals surface area contributed by atoms with Gasteiger partial charge in [0.2, 0.25) is 5.91 Å². The number of thiazole rings is 1. The van der Waals surface area contributed by atoms with Crippen LogP contribution in [0.15, 0.2) is 28.6 Å². The molecule has 0 radical (unpaired) electrons. The molecule has 128 valence electrons. The predicted molar refractivity (Wildman–Crippen MR) is 96.6 cm³/mol. The van der Waals surface area contributed by atoms with Crippen LogP contribution >= 0.6 is 23.1 Å². The Morgan fingerprint density at radius 2 is 2.17 bits per heavy atom. The van der Waals surface area contributed by atoms with Crippen molar-refractivity contribution in [3.63, 3.8) is 0 Å². The summed E-state index contributed by atoms with van der Waals surface area (Å²) < 4.78 is 2.04. The lowest BCUT2D eigenvalue weighted by Gasteiger charge is -2.35. The molecule has 1 unspecified atom stereocenters. The fourth-order valence-electron chi connectivity index (χ4n) is 3.04. The maximum atomic E-state index is 12.6. The van der Waals surface area contributed by atoms with E-state index in [0.717, 1.165) is 40.4 Å². The van der Waals surface area contributed by atoms with E-state index >= 15 is 0 Å². The van der Waals surface area contributed by atoms with Crippen LogP contribution in [0.4, 0.5) is 0 Å². The van der Waals surface area contributed by atoms with E-state index in [9.17, 15) is 9.59 Å². The largest absolute Gasteiger partial charge is 0.481 e. The van der Waals surface area contributed by atoms with E-state index in [1.807, 2.05) is 29.2 Å². The summed E-state index contributed by atoms with van der Waals surface area (Å²) in [5, 5.41) is 8.88. The van der Waals surface area contributed by atoms with Crippen LogP contribution in [0.1, 0.15) is 32.1 Å². The lowest BCUT2D eigenvalue weighted by molar-refractivity contribution is -0.139. The van der Waals surface area contributed by atoms with Crippen molar-refractivity contribution in [2.75, 3.05) is 12.3 Å². The molecule has 0 spiro atoms. The molecular weight excluding hydrogens is 344 g/mol. The van der Waals surface area contributed by atoms with Crippen molar-refractivity contribution >= 4 is 45.2 Å². The molecule has 1 fully saturated rings. The first-order chi connectivity index (χ1) is 11.6. The van der Waals surface area contributed by atoms with Crippen LogP contribution in [0, 0.1) is 0 Å². The Bertz CT molecular complexity index is 698. The van der Waals surface area contributed by atoms with Gasteiger partial charge in [-0.25, -0.2) is 4.98 Å². The Kier molecular flexibility index (Phi) is 5.73. The Labute approximate surface area is 149 Å². The van der Waals surface area contributed by atoms with Gasteiger partial charge in [0.1, 0.15) is 0 Å². The molecule has 7 heteroatoms. The fourth-order valence-corrected chi connectivity index (χ4v) is 4.99. The summed E-state index contributed by atoms with van der Waals surface area (Å²) in [6.45, 7) is 0.740. The van der Waals surface area contributed by atoms with Crippen molar-refractivity contribution in [2.24, 2.45) is 0 Å². The molecule has 2 heterocycles. The SMILES string of the molecule is O=C(O)CCC1CCCCN1C(=O)CSc1nc2ccccc2s1. The van der Waals surface area contributed by atoms with Gasteiger partial charge >= 0.3 is 5.97 Å². The van der Waals surface area contributed by atoms with Crippen LogP contribution in [0.25, 0.3) is 10.2 Å². The molecule has 1 amide bonds. The van der Waals surface area contributed by atoms with Crippen molar-refractivity contribution < 1.29 is 14.7 Å². The molecule has 0 bridgehead atoms. The molecule has 0 aliphatic carbocycles. The van der Waals surface area contributed by atoms with Gasteiger partial charge in [-0.15, -0.1) is 11.3 Å². The molecule has 1 atom stereocenters. The lowest BCUT2D eigenvalue weighted by atomic mass is 9.98. The van der Waals surface area contributed by atoms with Crippen molar-refractivity contribution in [1.82, 2.24) is 9.88 Å². The molecule has 1 aromatic heterocycles. The summed E-state index contributed by atoms with van der Waals surface area (Å²) in [7, 11) is 0. The van der Waals surface area contributed by atoms with E-state index < -0.39 is 5.97 Å². The average Bonchev–Trinajstić information content (AvgIpc) is 3.01. The Morgan fingerprint density at radius 1 is 1.33 bits per heavy atom. The smallest absolute Gasteiger partial charge is 0.303 e. The van der Waals surface area contributed by atoms with E-state index in [4.69, 9.17) is 5.11 Å². The van der Waals surface area contributed by atoms with E-state index in [-0.39, 0.29) is 18.4 Å². The van der Waals surface area contributed by atoms with Crippen LogP contribution in [0.3, 0.4) is 0 Å². The predicted octanol–water partition coefficient (Wildman–Crippen LogP) is 3.63. The van der Waals surface area contributed by atoms with Gasteiger partial charge in [-0.1, -0.05) is 23.9 Å². The number of likely N-dealkylation sites (tertiary alicyclic amines) is 1. The number of carbonyl (C=O) groups is 2. The minimum Gasteiger partial charge on any atom is -0.481 e. The first-order valence-corrected chi connectivity index (χ1v) is 9.93. The number of benzene rings is 1. The molecule has 5 nitrogen and oxygen atoms in total. The highest BCUT2D eigenvalue weighted by Gasteiger charge is 2.27. The first-order valence-electron chi connectivity index (χ1n) is 8.13. The zero-order valence-electron chi connectivity index (χ0n) is 13.3. The minimum atomic E-state index is -0.795. The summed E-state index contributed by atoms with van der Waals surface area (Å²) >= 11 is 3.08. The number of nitrogens with zero attached hydrogens (tertiary/aromatic N) is 2. The van der Waals surface area contributed by atoms with Crippen LogP contribution in [-0.4, -0.2) is 45.2 Å². The van der Waals surface area contributed by atoms with Crippen LogP contribution in [0.5, 0.6) is 0 Å². The van der Waals surface area contributed by atoms with Gasteiger partial charge in [0, 0.05) is 19.0 Å². The molecule has 0 saturated carbocycles. The number of aliphatic carboxylic acids is 1. The highest BCUT2D eigenvalue weighted by molar-refractivity contribution is 8.01. The van der Waals surface area contributed by atoms with Gasteiger partial charge in [0.05, 0.1) is 16.0 Å². The summed E-state index contributed by atoms with van der Waals surface area (Å²) in [5.74, 6) is -0.338. The Morgan fingerprint density at radius 3 is 2.96 bits per heavy atom. The monoisotopic (exact) mass is 364 g/mol. The van der Waals surface area contributed by atoms with E-state index in [1.54, 1.807) is 11.3 Å². The third-order valence-electron chi connectivity index (χ3n) is 4.23. The highest BCUT2D eigenvalue weighted by Crippen LogP contribution is 2.30. The minimum absolute atomic E-state index is 0.0679. The molecule has 2 aromatic rings. The number of carboxylic acids is 1. The second kappa shape index (κ2) is 7.98. The molecule has 3 rings (SSSR count). The second-order valence-electron chi connectivity index (χ2n) is 5.91. The van der Waals surface area contributed by atoms with Crippen LogP contribution < -0.4 is 0 Å². The van der Waals surface area contributed by atoms with Crippen molar-refractivity contribution in [3.8, 4) is 0 Å². The number of hydrogen-bond donors (Lipinski definition) is 1. The standard InChI is InChI=1S/C17H20N2O3S2/c20-15(19-10-4-3-5-12(19)8-9-16(21)22)11-23-17-18-13-6-1-2-7-14(13)24-17/h1-2,6-7,12H,3-5,8-11H2,(H,21,22). The number of amides is 1. The fraction of sp³-hybridized carbons (Fsp3) is 0.471. The number of carbonyl (C=O) groups excluding carboxylic acids is 1. The zero-order valence-corrected chi connectivity index (χ0v) is 14.9. The Hall–Kier alpha value is -1.60. The van der Waals surface area contributed by atoms with Crippen molar-refractivity contribution in [3.05, 3.63) is 24.3 Å². The number of piperidine rings is 1. The molecule has 1 aliphatic rings. The summed E-state index contributed by atoms with van der Waals surface area (Å²) in [4.78, 5) is 29.8. The topological polar surface area (TPSA) is 70.5 Å². The summed E-state index contributed by atoms with van der Waals surface area (Å²) in [6, 6.07) is 8.03. The van der Waals surface area contributed by atoms with Crippen LogP contribution in [-0.2, 0) is 9.59 Å². The molecule has 24 heavy (non-hydrogen) atoms. The quantitative estimate of drug-likeness (QED) is 0.793. The number of para-hydroxylation sites is 1. The van der Waals surface area contributed by atoms with Gasteiger partial charge in [-0.2, -0.15) is 0 Å². The Balaban J connectivity index is 1.58. The lowest BCUT2D eigenvalue weighted by Crippen LogP contribution is -2.44. The van der Waals surface area contributed by atoms with E-state index in [2.05, 4.69) is 4.98 Å². The molecule has 1 N–H and O–H groups in total. The highest BCUT2D eigenvalue weighted by atomic mass is 32.2. The maximum Gasteiger partial charge on any atom is 0.303 e. The zero-order chi connectivity index (χ0) is 16.9. The first kappa shape index (κ1) is 17.2. The normalized spacial score (nSPS) is 18.0. The van der Waals surface area contributed by atoms with Gasteiger partial charge < -0.3 is 10.0 Å². The molecular formula is C17H20N2O3S2. The molecule has 1 aliphatic heterocycles. The number of fused-ring (bicyclic) bond motifs is 1. The van der Waals surface area contributed by atoms with Gasteiger partial charge in [0.25, 0.3) is 0 Å². The van der Waals surface area contributed by atoms with Gasteiger partial charge in [-0.3, -0.25) is 9.59 Å². The van der Waals surface area contributed by atoms with E-state index in [1.165, 1.54) is 11.8 Å². The number of hydrogen-bond acceptors (Lipinski definition) is 5. The van der Waals surface area contributed by atoms with Crippen LogP contribution in [0.2, 0.25) is 0 Å². The number of rotatable bonds is 6. The van der Waals surface area contributed by atoms with Gasteiger partial charge in [-0.05, 0) is 37.8 Å². The number of carboxylic acid groups (broad SMARTS) is 1.